The van der Waals surface area contributed by atoms with Crippen LogP contribution in [0.3, 0.4) is 0 Å². The van der Waals surface area contributed by atoms with Gasteiger partial charge in [-0.25, -0.2) is 0 Å². The van der Waals surface area contributed by atoms with Crippen LogP contribution in [0.4, 0.5) is 0 Å². The van der Waals surface area contributed by atoms with Crippen LogP contribution >= 0.6 is 0 Å². The average Bonchev–Trinajstić information content (AvgIpc) is 2.04. The molecule has 0 aliphatic heterocycles. The van der Waals surface area contributed by atoms with E-state index in [2.05, 4.69) is 11.0 Å². The van der Waals surface area contributed by atoms with Crippen LogP contribution in [0.5, 0.6) is 0 Å². The van der Waals surface area contributed by atoms with Crippen LogP contribution in [-0.2, 0) is 9.68 Å². The summed E-state index contributed by atoms with van der Waals surface area (Å²) in [5.41, 5.74) is 7.18. The maximum atomic E-state index is 4.74. The molecule has 70 valence electrons. The summed E-state index contributed by atoms with van der Waals surface area (Å²) in [6.45, 7) is 3.81. The summed E-state index contributed by atoms with van der Waals surface area (Å²) in [4.78, 5) is 9.46. The Kier molecular flexibility index (Phi) is 6.14. The minimum Gasteiger partial charge on any atom is -0.280 e. The molecule has 4 heteroatoms. The van der Waals surface area contributed by atoms with Crippen LogP contribution in [-0.4, -0.2) is 14.2 Å². The first-order chi connectivity index (χ1) is 5.74. The van der Waals surface area contributed by atoms with Gasteiger partial charge < -0.3 is 0 Å². The van der Waals surface area contributed by atoms with E-state index in [0.29, 0.717) is 0 Å². The summed E-state index contributed by atoms with van der Waals surface area (Å²) in [6.07, 6.45) is 3.76. The maximum Gasteiger partial charge on any atom is 0.0636 e. The quantitative estimate of drug-likeness (QED) is 0.481. The molecular weight excluding hydrogens is 156 g/mol. The third-order valence-corrected chi connectivity index (χ3v) is 1.17. The smallest absolute Gasteiger partial charge is 0.0636 e. The standard InChI is InChI=1S/C8H16N2O2/c1-5-8(10-12-4)6-7(2)9-11-3/h5-6,9-10H,1-4H3. The van der Waals surface area contributed by atoms with E-state index < -0.39 is 0 Å². The lowest BCUT2D eigenvalue weighted by molar-refractivity contribution is 0.113. The number of nitrogens with one attached hydrogen (secondary N) is 2. The largest absolute Gasteiger partial charge is 0.280 e. The molecule has 0 amide bonds. The molecule has 0 rings (SSSR count). The van der Waals surface area contributed by atoms with Crippen LogP contribution in [0.15, 0.2) is 23.5 Å². The average molecular weight is 172 g/mol. The minimum absolute atomic E-state index is 0.875. The molecule has 2 N–H and O–H groups in total. The molecule has 0 saturated heterocycles. The lowest BCUT2D eigenvalue weighted by atomic mass is 10.3. The van der Waals surface area contributed by atoms with Crippen molar-refractivity contribution in [3.05, 3.63) is 23.5 Å². The van der Waals surface area contributed by atoms with E-state index in [1.807, 2.05) is 26.0 Å². The van der Waals surface area contributed by atoms with Gasteiger partial charge in [-0.05, 0) is 19.9 Å². The Balaban J connectivity index is 4.07. The highest BCUT2D eigenvalue weighted by Crippen LogP contribution is 1.95. The Morgan fingerprint density at radius 3 is 2.17 bits per heavy atom. The molecule has 0 atom stereocenters. The zero-order valence-corrected chi connectivity index (χ0v) is 7.97. The van der Waals surface area contributed by atoms with Crippen LogP contribution in [0.1, 0.15) is 13.8 Å². The van der Waals surface area contributed by atoms with Crippen LogP contribution < -0.4 is 11.0 Å². The second kappa shape index (κ2) is 6.69. The van der Waals surface area contributed by atoms with Gasteiger partial charge in [0.05, 0.1) is 19.9 Å². The SMILES string of the molecule is CC=C(C=C(C)NOC)NOC. The van der Waals surface area contributed by atoms with E-state index >= 15 is 0 Å². The van der Waals surface area contributed by atoms with E-state index in [1.165, 1.54) is 0 Å². The van der Waals surface area contributed by atoms with Gasteiger partial charge in [0.25, 0.3) is 0 Å². The van der Waals surface area contributed by atoms with Gasteiger partial charge >= 0.3 is 0 Å². The van der Waals surface area contributed by atoms with Crippen molar-refractivity contribution < 1.29 is 9.68 Å². The van der Waals surface area contributed by atoms with E-state index in [1.54, 1.807) is 14.2 Å². The highest BCUT2D eigenvalue weighted by molar-refractivity contribution is 5.17. The molecule has 0 radical (unpaired) electrons. The fourth-order valence-corrected chi connectivity index (χ4v) is 0.713. The first-order valence-corrected chi connectivity index (χ1v) is 3.67. The second-order valence-electron chi connectivity index (χ2n) is 2.18. The Morgan fingerprint density at radius 1 is 1.17 bits per heavy atom. The van der Waals surface area contributed by atoms with Crippen molar-refractivity contribution >= 4 is 0 Å². The van der Waals surface area contributed by atoms with Crippen molar-refractivity contribution in [3.63, 3.8) is 0 Å². The molecule has 0 aromatic carbocycles. The van der Waals surface area contributed by atoms with Crippen LogP contribution in [0.2, 0.25) is 0 Å². The predicted octanol–water partition coefficient (Wildman–Crippen LogP) is 1.10. The van der Waals surface area contributed by atoms with Crippen molar-refractivity contribution in [2.24, 2.45) is 0 Å². The Hall–Kier alpha value is -1.00. The second-order valence-corrected chi connectivity index (χ2v) is 2.18. The number of rotatable bonds is 5. The molecule has 0 spiro atoms. The predicted molar refractivity (Wildman–Crippen MR) is 47.8 cm³/mol. The highest BCUT2D eigenvalue weighted by atomic mass is 16.6. The molecule has 0 bridgehead atoms. The molecule has 0 aliphatic carbocycles. The topological polar surface area (TPSA) is 42.5 Å². The molecule has 0 fully saturated rings. The van der Waals surface area contributed by atoms with E-state index in [-0.39, 0.29) is 0 Å². The molecule has 4 nitrogen and oxygen atoms in total. The van der Waals surface area contributed by atoms with Gasteiger partial charge in [0.15, 0.2) is 0 Å². The zero-order valence-electron chi connectivity index (χ0n) is 7.97. The monoisotopic (exact) mass is 172 g/mol. The van der Waals surface area contributed by atoms with Gasteiger partial charge in [0, 0.05) is 5.70 Å². The zero-order chi connectivity index (χ0) is 9.40. The van der Waals surface area contributed by atoms with Crippen molar-refractivity contribution in [2.45, 2.75) is 13.8 Å². The molecule has 0 heterocycles. The minimum atomic E-state index is 0.875. The third kappa shape index (κ3) is 4.76. The lowest BCUT2D eigenvalue weighted by Gasteiger charge is -2.06. The molecule has 0 saturated carbocycles. The van der Waals surface area contributed by atoms with E-state index in [9.17, 15) is 0 Å². The molecule has 12 heavy (non-hydrogen) atoms. The number of allylic oxidation sites excluding steroid dienone is 3. The van der Waals surface area contributed by atoms with Crippen molar-refractivity contribution in [3.8, 4) is 0 Å². The molecule has 0 aliphatic rings. The summed E-state index contributed by atoms with van der Waals surface area (Å²) in [5, 5.41) is 0. The maximum absolute atomic E-state index is 4.74. The fraction of sp³-hybridized carbons (Fsp3) is 0.500. The molecular formula is C8H16N2O2. The lowest BCUT2D eigenvalue weighted by Crippen LogP contribution is -2.13. The third-order valence-electron chi connectivity index (χ3n) is 1.17. The van der Waals surface area contributed by atoms with Gasteiger partial charge in [-0.2, -0.15) is 0 Å². The van der Waals surface area contributed by atoms with Gasteiger partial charge in [-0.15, -0.1) is 0 Å². The number of hydroxylamine groups is 2. The summed E-state index contributed by atoms with van der Waals surface area (Å²) in [5.74, 6) is 0. The Bertz CT molecular complexity index is 176. The van der Waals surface area contributed by atoms with Gasteiger partial charge in [0.1, 0.15) is 0 Å². The van der Waals surface area contributed by atoms with Gasteiger partial charge in [-0.3, -0.25) is 20.6 Å². The van der Waals surface area contributed by atoms with Gasteiger partial charge in [0.2, 0.25) is 0 Å². The summed E-state index contributed by atoms with van der Waals surface area (Å²) < 4.78 is 0. The van der Waals surface area contributed by atoms with Crippen molar-refractivity contribution in [1.82, 2.24) is 11.0 Å². The number of hydrogen-bond acceptors (Lipinski definition) is 4. The first kappa shape index (κ1) is 11.0. The summed E-state index contributed by atoms with van der Waals surface area (Å²) >= 11 is 0. The molecule has 0 aromatic heterocycles. The van der Waals surface area contributed by atoms with E-state index in [0.717, 1.165) is 11.4 Å². The van der Waals surface area contributed by atoms with E-state index in [4.69, 9.17) is 9.68 Å². The highest BCUT2D eigenvalue weighted by Gasteiger charge is 1.90. The Labute approximate surface area is 73.1 Å². The Morgan fingerprint density at radius 2 is 1.75 bits per heavy atom. The van der Waals surface area contributed by atoms with Crippen LogP contribution in [0.25, 0.3) is 0 Å². The van der Waals surface area contributed by atoms with Crippen molar-refractivity contribution in [1.29, 1.82) is 0 Å². The number of hydrogen-bond donors (Lipinski definition) is 2. The van der Waals surface area contributed by atoms with Crippen molar-refractivity contribution in [2.75, 3.05) is 14.2 Å². The molecule has 0 unspecified atom stereocenters. The van der Waals surface area contributed by atoms with Crippen LogP contribution in [0, 0.1) is 0 Å². The summed E-state index contributed by atoms with van der Waals surface area (Å²) in [7, 11) is 3.13. The summed E-state index contributed by atoms with van der Waals surface area (Å²) in [6, 6.07) is 0. The first-order valence-electron chi connectivity index (χ1n) is 3.67. The normalized spacial score (nSPS) is 13.0. The molecule has 0 aromatic rings. The van der Waals surface area contributed by atoms with Gasteiger partial charge in [-0.1, -0.05) is 6.08 Å². The fourth-order valence-electron chi connectivity index (χ4n) is 0.713.